The number of halogens is 4. The van der Waals surface area contributed by atoms with Crippen molar-refractivity contribution >= 4 is 11.0 Å². The Bertz CT molecular complexity index is 1270. The van der Waals surface area contributed by atoms with Crippen LogP contribution in [0, 0.1) is 5.82 Å². The lowest BCUT2D eigenvalue weighted by atomic mass is 9.87. The van der Waals surface area contributed by atoms with Crippen LogP contribution in [-0.4, -0.2) is 9.97 Å². The molecule has 0 aliphatic heterocycles. The first-order chi connectivity index (χ1) is 15.0. The SMILES string of the molecule is CC(C)(C)c1ccc2nc(-c3ccc(F)c(OCc4ccccc4C(F)(F)F)c3)[nH]c2c1. The molecule has 0 atom stereocenters. The molecule has 1 aromatic heterocycles. The maximum atomic E-state index is 14.3. The van der Waals surface area contributed by atoms with Crippen LogP contribution < -0.4 is 4.74 Å². The lowest BCUT2D eigenvalue weighted by Crippen LogP contribution is -2.11. The Morgan fingerprint density at radius 2 is 1.69 bits per heavy atom. The van der Waals surface area contributed by atoms with E-state index in [1.165, 1.54) is 30.3 Å². The van der Waals surface area contributed by atoms with Gasteiger partial charge in [0.05, 0.1) is 16.6 Å². The summed E-state index contributed by atoms with van der Waals surface area (Å²) >= 11 is 0. The van der Waals surface area contributed by atoms with Gasteiger partial charge >= 0.3 is 6.18 Å². The van der Waals surface area contributed by atoms with Crippen LogP contribution in [0.1, 0.15) is 37.5 Å². The number of fused-ring (bicyclic) bond motifs is 1. The molecule has 0 amide bonds. The highest BCUT2D eigenvalue weighted by atomic mass is 19.4. The third-order valence-electron chi connectivity index (χ3n) is 5.26. The molecule has 7 heteroatoms. The van der Waals surface area contributed by atoms with Crippen LogP contribution >= 0.6 is 0 Å². The molecular weight excluding hydrogens is 420 g/mol. The Hall–Kier alpha value is -3.35. The number of alkyl halides is 3. The molecule has 0 saturated heterocycles. The fourth-order valence-corrected chi connectivity index (χ4v) is 3.45. The van der Waals surface area contributed by atoms with Gasteiger partial charge in [-0.15, -0.1) is 0 Å². The highest BCUT2D eigenvalue weighted by Gasteiger charge is 2.33. The highest BCUT2D eigenvalue weighted by molar-refractivity contribution is 5.80. The molecule has 0 unspecified atom stereocenters. The topological polar surface area (TPSA) is 37.9 Å². The van der Waals surface area contributed by atoms with Crippen LogP contribution in [0.4, 0.5) is 17.6 Å². The van der Waals surface area contributed by atoms with Gasteiger partial charge < -0.3 is 9.72 Å². The average Bonchev–Trinajstić information content (AvgIpc) is 3.15. The number of rotatable bonds is 4. The van der Waals surface area contributed by atoms with Gasteiger partial charge in [-0.25, -0.2) is 9.37 Å². The van der Waals surface area contributed by atoms with E-state index in [4.69, 9.17) is 4.74 Å². The normalized spacial score (nSPS) is 12.3. The summed E-state index contributed by atoms with van der Waals surface area (Å²) in [5.41, 5.74) is 2.43. The van der Waals surface area contributed by atoms with E-state index in [0.29, 0.717) is 11.4 Å². The van der Waals surface area contributed by atoms with Gasteiger partial charge in [0, 0.05) is 11.1 Å². The Balaban J connectivity index is 1.63. The second-order valence-corrected chi connectivity index (χ2v) is 8.66. The van der Waals surface area contributed by atoms with Gasteiger partial charge in [-0.05, 0) is 47.4 Å². The van der Waals surface area contributed by atoms with E-state index in [1.807, 2.05) is 18.2 Å². The highest BCUT2D eigenvalue weighted by Crippen LogP contribution is 2.33. The molecule has 0 spiro atoms. The van der Waals surface area contributed by atoms with Crippen LogP contribution in [0.5, 0.6) is 5.75 Å². The van der Waals surface area contributed by atoms with E-state index in [2.05, 4.69) is 30.7 Å². The summed E-state index contributed by atoms with van der Waals surface area (Å²) < 4.78 is 59.4. The zero-order valence-corrected chi connectivity index (χ0v) is 17.8. The van der Waals surface area contributed by atoms with Gasteiger partial charge in [0.2, 0.25) is 0 Å². The Labute approximate surface area is 183 Å². The molecule has 4 aromatic rings. The summed E-state index contributed by atoms with van der Waals surface area (Å²) in [5, 5.41) is 0. The number of H-pyrrole nitrogens is 1. The number of benzene rings is 3. The lowest BCUT2D eigenvalue weighted by molar-refractivity contribution is -0.138. The number of ether oxygens (including phenoxy) is 1. The Morgan fingerprint density at radius 1 is 0.938 bits per heavy atom. The molecule has 0 aliphatic rings. The van der Waals surface area contributed by atoms with Gasteiger partial charge in [-0.1, -0.05) is 45.0 Å². The third kappa shape index (κ3) is 4.47. The monoisotopic (exact) mass is 442 g/mol. The van der Waals surface area contributed by atoms with Gasteiger partial charge in [0.1, 0.15) is 12.4 Å². The van der Waals surface area contributed by atoms with Gasteiger partial charge in [0.25, 0.3) is 0 Å². The van der Waals surface area contributed by atoms with Crippen molar-refractivity contribution in [3.63, 3.8) is 0 Å². The molecular formula is C25H22F4N2O. The summed E-state index contributed by atoms with van der Waals surface area (Å²) in [4.78, 5) is 7.80. The molecule has 32 heavy (non-hydrogen) atoms. The van der Waals surface area contributed by atoms with Crippen molar-refractivity contribution in [3.8, 4) is 17.1 Å². The molecule has 0 radical (unpaired) electrons. The van der Waals surface area contributed by atoms with E-state index >= 15 is 0 Å². The van der Waals surface area contributed by atoms with Crippen LogP contribution in [0.15, 0.2) is 60.7 Å². The van der Waals surface area contributed by atoms with Crippen LogP contribution in [0.25, 0.3) is 22.4 Å². The smallest absolute Gasteiger partial charge is 0.416 e. The number of hydrogen-bond donors (Lipinski definition) is 1. The molecule has 1 heterocycles. The molecule has 1 N–H and O–H groups in total. The van der Waals surface area contributed by atoms with Crippen LogP contribution in [0.3, 0.4) is 0 Å². The van der Waals surface area contributed by atoms with E-state index in [9.17, 15) is 17.6 Å². The maximum Gasteiger partial charge on any atom is 0.416 e. The summed E-state index contributed by atoms with van der Waals surface area (Å²) in [6, 6.07) is 15.3. The van der Waals surface area contributed by atoms with Gasteiger partial charge in [-0.3, -0.25) is 0 Å². The van der Waals surface area contributed by atoms with Gasteiger partial charge in [0.15, 0.2) is 11.6 Å². The van der Waals surface area contributed by atoms with Crippen molar-refractivity contribution in [1.29, 1.82) is 0 Å². The predicted molar refractivity (Wildman–Crippen MR) is 116 cm³/mol. The van der Waals surface area contributed by atoms with Crippen molar-refractivity contribution in [3.05, 3.63) is 83.2 Å². The predicted octanol–water partition coefficient (Wildman–Crippen LogP) is 7.26. The summed E-state index contributed by atoms with van der Waals surface area (Å²) in [7, 11) is 0. The number of nitrogens with zero attached hydrogens (tertiary/aromatic N) is 1. The standard InChI is InChI=1S/C25H22F4N2O/c1-24(2,3)17-9-11-20-21(13-17)31-23(30-20)15-8-10-19(26)22(12-15)32-14-16-6-4-5-7-18(16)25(27,28)29/h4-13H,14H2,1-3H3,(H,30,31). The van der Waals surface area contributed by atoms with E-state index in [0.717, 1.165) is 22.7 Å². The minimum Gasteiger partial charge on any atom is -0.486 e. The van der Waals surface area contributed by atoms with Crippen molar-refractivity contribution in [2.45, 2.75) is 39.0 Å². The van der Waals surface area contributed by atoms with Crippen molar-refractivity contribution in [1.82, 2.24) is 9.97 Å². The van der Waals surface area contributed by atoms with Crippen LogP contribution in [0.2, 0.25) is 0 Å². The number of imidazole rings is 1. The van der Waals surface area contributed by atoms with E-state index in [-0.39, 0.29) is 16.7 Å². The first kappa shape index (κ1) is 21.9. The first-order valence-corrected chi connectivity index (χ1v) is 10.1. The largest absolute Gasteiger partial charge is 0.486 e. The number of nitrogens with one attached hydrogen (secondary N) is 1. The Kier molecular flexibility index (Phi) is 5.44. The summed E-state index contributed by atoms with van der Waals surface area (Å²) in [5.74, 6) is -0.286. The first-order valence-electron chi connectivity index (χ1n) is 10.1. The van der Waals surface area contributed by atoms with E-state index < -0.39 is 24.2 Å². The second-order valence-electron chi connectivity index (χ2n) is 8.66. The lowest BCUT2D eigenvalue weighted by Gasteiger charge is -2.18. The zero-order chi connectivity index (χ0) is 23.1. The molecule has 3 nitrogen and oxygen atoms in total. The second kappa shape index (κ2) is 7.97. The molecule has 3 aromatic carbocycles. The Morgan fingerprint density at radius 3 is 2.41 bits per heavy atom. The van der Waals surface area contributed by atoms with Gasteiger partial charge in [-0.2, -0.15) is 13.2 Å². The molecule has 166 valence electrons. The van der Waals surface area contributed by atoms with E-state index in [1.54, 1.807) is 6.07 Å². The van der Waals surface area contributed by atoms with Crippen molar-refractivity contribution in [2.24, 2.45) is 0 Å². The molecule has 0 aliphatic carbocycles. The fraction of sp³-hybridized carbons (Fsp3) is 0.240. The number of hydrogen-bond acceptors (Lipinski definition) is 2. The summed E-state index contributed by atoms with van der Waals surface area (Å²) in [6.07, 6.45) is -4.51. The molecule has 0 fully saturated rings. The third-order valence-corrected chi connectivity index (χ3v) is 5.26. The van der Waals surface area contributed by atoms with Crippen molar-refractivity contribution < 1.29 is 22.3 Å². The molecule has 0 bridgehead atoms. The minimum absolute atomic E-state index is 0.0247. The minimum atomic E-state index is -4.51. The van der Waals surface area contributed by atoms with Crippen LogP contribution in [-0.2, 0) is 18.2 Å². The maximum absolute atomic E-state index is 14.3. The molecule has 0 saturated carbocycles. The van der Waals surface area contributed by atoms with Crippen molar-refractivity contribution in [2.75, 3.05) is 0 Å². The number of aromatic amines is 1. The molecule has 4 rings (SSSR count). The zero-order valence-electron chi connectivity index (χ0n) is 17.8. The fourth-order valence-electron chi connectivity index (χ4n) is 3.45. The number of aromatic nitrogens is 2. The summed E-state index contributed by atoms with van der Waals surface area (Å²) in [6.45, 7) is 5.94. The quantitative estimate of drug-likeness (QED) is 0.338. The average molecular weight is 442 g/mol.